The van der Waals surface area contributed by atoms with E-state index in [4.69, 9.17) is 10.5 Å². The van der Waals surface area contributed by atoms with Crippen molar-refractivity contribution in [1.29, 1.82) is 0 Å². The third-order valence-corrected chi connectivity index (χ3v) is 2.69. The van der Waals surface area contributed by atoms with Crippen LogP contribution in [0.25, 0.3) is 0 Å². The first-order valence-electron chi connectivity index (χ1n) is 5.66. The second kappa shape index (κ2) is 4.91. The second-order valence-electron chi connectivity index (χ2n) is 4.03. The van der Waals surface area contributed by atoms with Crippen molar-refractivity contribution in [3.8, 4) is 5.75 Å². The molecule has 2 aromatic rings. The molecule has 0 amide bonds. The zero-order valence-corrected chi connectivity index (χ0v) is 10.2. The van der Waals surface area contributed by atoms with E-state index in [1.54, 1.807) is 0 Å². The van der Waals surface area contributed by atoms with E-state index >= 15 is 0 Å². The topological polar surface area (TPSA) is 63.9 Å². The molecular weight excluding hydrogens is 214 g/mol. The molecule has 90 valence electrons. The fraction of sp³-hybridized carbons (Fsp3) is 0.308. The van der Waals surface area contributed by atoms with Crippen molar-refractivity contribution >= 4 is 5.69 Å². The number of nitrogens with one attached hydrogen (secondary N) is 1. The van der Waals surface area contributed by atoms with Gasteiger partial charge in [-0.2, -0.15) is 0 Å². The van der Waals surface area contributed by atoms with E-state index in [2.05, 4.69) is 9.97 Å². The number of nitrogens with zero attached hydrogens (tertiary/aromatic N) is 1. The molecule has 0 aliphatic heterocycles. The number of ether oxygens (including phenoxy) is 1. The predicted octanol–water partition coefficient (Wildman–Crippen LogP) is 2.23. The Morgan fingerprint density at radius 1 is 1.29 bits per heavy atom. The molecule has 0 spiro atoms. The molecule has 0 saturated carbocycles. The van der Waals surface area contributed by atoms with Gasteiger partial charge in [-0.3, -0.25) is 0 Å². The van der Waals surface area contributed by atoms with E-state index in [0.29, 0.717) is 12.3 Å². The molecule has 3 N–H and O–H groups in total. The number of imidazole rings is 1. The maximum Gasteiger partial charge on any atom is 0.142 e. The summed E-state index contributed by atoms with van der Waals surface area (Å²) in [7, 11) is 0. The van der Waals surface area contributed by atoms with Crippen LogP contribution in [0.2, 0.25) is 0 Å². The summed E-state index contributed by atoms with van der Waals surface area (Å²) in [5.41, 5.74) is 8.60. The van der Waals surface area contributed by atoms with E-state index in [9.17, 15) is 0 Å². The van der Waals surface area contributed by atoms with Crippen molar-refractivity contribution in [3.05, 3.63) is 41.5 Å². The van der Waals surface area contributed by atoms with Crippen LogP contribution in [-0.2, 0) is 6.42 Å². The summed E-state index contributed by atoms with van der Waals surface area (Å²) in [6.45, 7) is 4.58. The smallest absolute Gasteiger partial charge is 0.142 e. The number of rotatable bonds is 4. The molecule has 4 heteroatoms. The van der Waals surface area contributed by atoms with Gasteiger partial charge in [-0.15, -0.1) is 0 Å². The van der Waals surface area contributed by atoms with E-state index < -0.39 is 0 Å². The first kappa shape index (κ1) is 11.5. The number of aryl methyl sites for hydroxylation is 2. The fourth-order valence-corrected chi connectivity index (χ4v) is 1.61. The van der Waals surface area contributed by atoms with Gasteiger partial charge in [-0.1, -0.05) is 12.1 Å². The van der Waals surface area contributed by atoms with Gasteiger partial charge < -0.3 is 15.5 Å². The monoisotopic (exact) mass is 231 g/mol. The number of nitrogens with two attached hydrogens (primary N) is 1. The Bertz CT molecular complexity index is 486. The van der Waals surface area contributed by atoms with Gasteiger partial charge in [0.2, 0.25) is 0 Å². The number of nitrogen functional groups attached to an aromatic ring is 1. The molecule has 4 nitrogen and oxygen atoms in total. The Morgan fingerprint density at radius 3 is 2.71 bits per heavy atom. The molecule has 0 atom stereocenters. The van der Waals surface area contributed by atoms with Crippen LogP contribution < -0.4 is 10.5 Å². The quantitative estimate of drug-likeness (QED) is 0.793. The SMILES string of the molecule is Cc1nc(CCOc2ccccc2N)[nH]c1C. The fourth-order valence-electron chi connectivity index (χ4n) is 1.61. The average molecular weight is 231 g/mol. The Hall–Kier alpha value is -1.97. The summed E-state index contributed by atoms with van der Waals surface area (Å²) in [5.74, 6) is 1.68. The number of aromatic amines is 1. The van der Waals surface area contributed by atoms with E-state index in [1.807, 2.05) is 38.1 Å². The van der Waals surface area contributed by atoms with Crippen LogP contribution in [0.5, 0.6) is 5.75 Å². The van der Waals surface area contributed by atoms with Crippen molar-refractivity contribution in [2.45, 2.75) is 20.3 Å². The highest BCUT2D eigenvalue weighted by atomic mass is 16.5. The minimum Gasteiger partial charge on any atom is -0.491 e. The van der Waals surface area contributed by atoms with Crippen molar-refractivity contribution in [2.24, 2.45) is 0 Å². The predicted molar refractivity (Wildman–Crippen MR) is 68.1 cm³/mol. The average Bonchev–Trinajstić information content (AvgIpc) is 2.61. The standard InChI is InChI=1S/C13H17N3O/c1-9-10(2)16-13(15-9)7-8-17-12-6-4-3-5-11(12)14/h3-6H,7-8,14H2,1-2H3,(H,15,16). The lowest BCUT2D eigenvalue weighted by Crippen LogP contribution is -2.04. The minimum absolute atomic E-state index is 0.570. The van der Waals surface area contributed by atoms with Crippen molar-refractivity contribution in [3.63, 3.8) is 0 Å². The van der Waals surface area contributed by atoms with Crippen molar-refractivity contribution in [2.75, 3.05) is 12.3 Å². The highest BCUT2D eigenvalue weighted by Gasteiger charge is 2.03. The second-order valence-corrected chi connectivity index (χ2v) is 4.03. The van der Waals surface area contributed by atoms with Crippen LogP contribution in [0, 0.1) is 13.8 Å². The third-order valence-electron chi connectivity index (χ3n) is 2.69. The lowest BCUT2D eigenvalue weighted by Gasteiger charge is -2.07. The van der Waals surface area contributed by atoms with Gasteiger partial charge in [-0.25, -0.2) is 4.98 Å². The molecule has 2 rings (SSSR count). The summed E-state index contributed by atoms with van der Waals surface area (Å²) >= 11 is 0. The van der Waals surface area contributed by atoms with Gasteiger partial charge >= 0.3 is 0 Å². The largest absolute Gasteiger partial charge is 0.491 e. The number of para-hydroxylation sites is 2. The van der Waals surface area contributed by atoms with E-state index in [-0.39, 0.29) is 0 Å². The summed E-state index contributed by atoms with van der Waals surface area (Å²) in [6, 6.07) is 7.50. The van der Waals surface area contributed by atoms with Gasteiger partial charge in [0.15, 0.2) is 0 Å². The molecule has 0 radical (unpaired) electrons. The molecule has 17 heavy (non-hydrogen) atoms. The van der Waals surface area contributed by atoms with Crippen LogP contribution in [0.3, 0.4) is 0 Å². The van der Waals surface area contributed by atoms with Gasteiger partial charge in [0.1, 0.15) is 11.6 Å². The molecule has 0 bridgehead atoms. The van der Waals surface area contributed by atoms with Crippen molar-refractivity contribution in [1.82, 2.24) is 9.97 Å². The molecule has 1 heterocycles. The molecule has 0 unspecified atom stereocenters. The molecule has 0 saturated heterocycles. The first-order chi connectivity index (χ1) is 8.16. The molecular formula is C13H17N3O. The van der Waals surface area contributed by atoms with Crippen LogP contribution in [0.1, 0.15) is 17.2 Å². The lowest BCUT2D eigenvalue weighted by molar-refractivity contribution is 0.321. The van der Waals surface area contributed by atoms with Gasteiger partial charge in [0.05, 0.1) is 18.0 Å². The third kappa shape index (κ3) is 2.78. The van der Waals surface area contributed by atoms with Crippen LogP contribution >= 0.6 is 0 Å². The van der Waals surface area contributed by atoms with E-state index in [0.717, 1.165) is 29.4 Å². The number of H-pyrrole nitrogens is 1. The van der Waals surface area contributed by atoms with Crippen molar-refractivity contribution < 1.29 is 4.74 Å². The maximum absolute atomic E-state index is 5.78. The Morgan fingerprint density at radius 2 is 2.06 bits per heavy atom. The molecule has 1 aromatic heterocycles. The number of benzene rings is 1. The zero-order valence-electron chi connectivity index (χ0n) is 10.2. The summed E-state index contributed by atoms with van der Waals surface area (Å²) in [5, 5.41) is 0. The zero-order chi connectivity index (χ0) is 12.3. The van der Waals surface area contributed by atoms with Gasteiger partial charge in [-0.05, 0) is 26.0 Å². The number of hydrogen-bond donors (Lipinski definition) is 2. The van der Waals surface area contributed by atoms with Gasteiger partial charge in [0, 0.05) is 12.1 Å². The molecule has 0 aliphatic carbocycles. The highest BCUT2D eigenvalue weighted by Crippen LogP contribution is 2.19. The number of hydrogen-bond acceptors (Lipinski definition) is 3. The summed E-state index contributed by atoms with van der Waals surface area (Å²) in [4.78, 5) is 7.62. The van der Waals surface area contributed by atoms with Gasteiger partial charge in [0.25, 0.3) is 0 Å². The Kier molecular flexibility index (Phi) is 3.32. The van der Waals surface area contributed by atoms with Crippen LogP contribution in [-0.4, -0.2) is 16.6 Å². The summed E-state index contributed by atoms with van der Waals surface area (Å²) < 4.78 is 5.60. The normalized spacial score (nSPS) is 10.5. The van der Waals surface area contributed by atoms with Crippen LogP contribution in [0.15, 0.2) is 24.3 Å². The Balaban J connectivity index is 1.90. The molecule has 1 aromatic carbocycles. The first-order valence-corrected chi connectivity index (χ1v) is 5.66. The molecule has 0 fully saturated rings. The number of aromatic nitrogens is 2. The van der Waals surface area contributed by atoms with Crippen LogP contribution in [0.4, 0.5) is 5.69 Å². The maximum atomic E-state index is 5.78. The highest BCUT2D eigenvalue weighted by molar-refractivity contribution is 5.51. The van der Waals surface area contributed by atoms with E-state index in [1.165, 1.54) is 0 Å². The molecule has 0 aliphatic rings. The lowest BCUT2D eigenvalue weighted by atomic mass is 10.3. The summed E-state index contributed by atoms with van der Waals surface area (Å²) in [6.07, 6.45) is 0.753. The Labute approximate surface area is 101 Å². The number of anilines is 1. The minimum atomic E-state index is 0.570.